The first-order valence-corrected chi connectivity index (χ1v) is 28.2. The fraction of sp³-hybridized carbons (Fsp3) is 0.659. The van der Waals surface area contributed by atoms with E-state index >= 15 is 0 Å². The maximum Gasteiger partial charge on any atom is 0.261 e. The number of hydrogen-bond donors (Lipinski definition) is 1. The Morgan fingerprint density at radius 1 is 0.800 bits per heavy atom. The van der Waals surface area contributed by atoms with Crippen LogP contribution < -0.4 is 10.4 Å². The molecule has 6 atom stereocenters. The van der Waals surface area contributed by atoms with Crippen molar-refractivity contribution in [2.45, 2.75) is 142 Å². The molecule has 1 N–H and O–H groups in total. The summed E-state index contributed by atoms with van der Waals surface area (Å²) in [6.45, 7) is 24.5. The highest BCUT2D eigenvalue weighted by atomic mass is 28.4. The lowest BCUT2D eigenvalue weighted by atomic mass is 9.89. The molecule has 0 aliphatic rings. The number of ether oxygens (including phenoxy) is 4. The largest absolute Gasteiger partial charge is 0.412 e. The second-order valence-corrected chi connectivity index (χ2v) is 31.0. The Kier molecular flexibility index (Phi) is 21.0. The van der Waals surface area contributed by atoms with Gasteiger partial charge in [-0.15, -0.1) is 11.5 Å². The van der Waals surface area contributed by atoms with Crippen molar-refractivity contribution in [3.63, 3.8) is 0 Å². The van der Waals surface area contributed by atoms with Crippen molar-refractivity contribution in [3.8, 4) is 11.5 Å². The number of ketones is 1. The van der Waals surface area contributed by atoms with Crippen LogP contribution >= 0.6 is 0 Å². The van der Waals surface area contributed by atoms with Gasteiger partial charge in [0.15, 0.2) is 14.1 Å². The molecule has 0 heterocycles. The Bertz CT molecular complexity index is 1380. The fourth-order valence-corrected chi connectivity index (χ4v) is 15.6. The smallest absolute Gasteiger partial charge is 0.261 e. The molecule has 0 saturated heterocycles. The minimum atomic E-state index is -2.87. The van der Waals surface area contributed by atoms with E-state index in [-0.39, 0.29) is 48.8 Å². The number of hydrogen-bond acceptors (Lipinski definition) is 8. The van der Waals surface area contributed by atoms with Crippen LogP contribution in [0.3, 0.4) is 0 Å². The molecule has 0 aliphatic heterocycles. The van der Waals surface area contributed by atoms with Crippen molar-refractivity contribution in [2.75, 3.05) is 34.4 Å². The summed E-state index contributed by atoms with van der Waals surface area (Å²) in [7, 11) is -3.46. The lowest BCUT2D eigenvalue weighted by Crippen LogP contribution is -2.67. The van der Waals surface area contributed by atoms with Crippen LogP contribution in [0.1, 0.15) is 74.7 Å². The summed E-state index contributed by atoms with van der Waals surface area (Å²) in [4.78, 5) is 14.1. The third kappa shape index (κ3) is 15.1. The zero-order chi connectivity index (χ0) is 41.3. The van der Waals surface area contributed by atoms with E-state index in [2.05, 4.69) is 140 Å². The average Bonchev–Trinajstić information content (AvgIpc) is 3.14. The van der Waals surface area contributed by atoms with Crippen LogP contribution in [0.25, 0.3) is 0 Å². The molecule has 8 nitrogen and oxygen atoms in total. The SMILES string of the molecule is CC[Si](CC)(CC)O[C@H](CO[Si](c1ccccc1)(c1ccccc1)C(C)(C)C)C[C@@H](C)[C@H](OCOC)[C@@H](OCOC)C(=O)C[C@@H](O)C[C@H](C)C#C[Si](C)(C)C. The minimum absolute atomic E-state index is 0.0251. The summed E-state index contributed by atoms with van der Waals surface area (Å²) < 4.78 is 37.9. The van der Waals surface area contributed by atoms with E-state index in [4.69, 9.17) is 27.8 Å². The number of methoxy groups -OCH3 is 2. The fourth-order valence-electron chi connectivity index (χ4n) is 7.48. The quantitative estimate of drug-likeness (QED) is 0.0610. The standard InChI is InChI=1S/C44H74O8Si3/c1-14-54(15-2,16-3)52-38(32-51-55(44(6,7)8,39-23-19-17-20-24-39)40-25-21-18-22-26-40)30-36(5)42(49-33-47-9)43(50-34-48-10)41(46)31-37(45)29-35(4)27-28-53(11,12)13/h17-26,35-38,42-43,45H,14-16,29-34H2,1-13H3/t35-,36-,37+,38+,42+,43+/m1/s1. The van der Waals surface area contributed by atoms with Gasteiger partial charge in [0.05, 0.1) is 24.9 Å². The van der Waals surface area contributed by atoms with Gasteiger partial charge in [-0.05, 0) is 52.3 Å². The Morgan fingerprint density at radius 2 is 1.31 bits per heavy atom. The highest BCUT2D eigenvalue weighted by Gasteiger charge is 2.51. The number of aliphatic hydroxyl groups excluding tert-OH is 1. The van der Waals surface area contributed by atoms with Crippen LogP contribution in [-0.4, -0.2) is 94.4 Å². The molecule has 0 aliphatic carbocycles. The van der Waals surface area contributed by atoms with Gasteiger partial charge < -0.3 is 32.9 Å². The Balaban J connectivity index is 2.56. The highest BCUT2D eigenvalue weighted by molar-refractivity contribution is 6.99. The summed E-state index contributed by atoms with van der Waals surface area (Å²) in [5.74, 6) is 2.79. The molecule has 0 spiro atoms. The normalized spacial score (nSPS) is 16.0. The van der Waals surface area contributed by atoms with Crippen molar-refractivity contribution in [1.29, 1.82) is 0 Å². The average molecular weight is 815 g/mol. The van der Waals surface area contributed by atoms with Gasteiger partial charge in [-0.3, -0.25) is 4.79 Å². The Labute approximate surface area is 337 Å². The van der Waals surface area contributed by atoms with Gasteiger partial charge in [-0.25, -0.2) is 0 Å². The Morgan fingerprint density at radius 3 is 1.76 bits per heavy atom. The Hall–Kier alpha value is -1.96. The van der Waals surface area contributed by atoms with Gasteiger partial charge in [0.25, 0.3) is 8.32 Å². The number of rotatable bonds is 25. The number of carbonyl (C=O) groups is 1. The van der Waals surface area contributed by atoms with Gasteiger partial charge in [-0.1, -0.05) is 136 Å². The van der Waals surface area contributed by atoms with Crippen LogP contribution in [-0.2, 0) is 32.6 Å². The predicted molar refractivity (Wildman–Crippen MR) is 233 cm³/mol. The van der Waals surface area contributed by atoms with Crippen LogP contribution in [0.15, 0.2) is 60.7 Å². The van der Waals surface area contributed by atoms with Crippen molar-refractivity contribution >= 4 is 40.9 Å². The highest BCUT2D eigenvalue weighted by Crippen LogP contribution is 2.38. The summed E-state index contributed by atoms with van der Waals surface area (Å²) in [6, 6.07) is 24.3. The molecule has 55 heavy (non-hydrogen) atoms. The van der Waals surface area contributed by atoms with Crippen molar-refractivity contribution in [3.05, 3.63) is 60.7 Å². The number of carbonyl (C=O) groups excluding carboxylic acids is 1. The second-order valence-electron chi connectivity index (χ2n) is 17.2. The van der Waals surface area contributed by atoms with E-state index in [9.17, 15) is 9.90 Å². The van der Waals surface area contributed by atoms with Crippen LogP contribution in [0.5, 0.6) is 0 Å². The maximum absolute atomic E-state index is 14.1. The number of benzene rings is 2. The zero-order valence-electron chi connectivity index (χ0n) is 36.4. The molecule has 0 unspecified atom stereocenters. The minimum Gasteiger partial charge on any atom is -0.412 e. The zero-order valence-corrected chi connectivity index (χ0v) is 39.4. The molecule has 0 radical (unpaired) electrons. The van der Waals surface area contributed by atoms with E-state index in [1.54, 1.807) is 7.11 Å². The van der Waals surface area contributed by atoms with Crippen molar-refractivity contribution in [2.24, 2.45) is 11.8 Å². The first kappa shape index (κ1) is 49.2. The van der Waals surface area contributed by atoms with Gasteiger partial charge in [0.1, 0.15) is 27.8 Å². The molecule has 0 fully saturated rings. The van der Waals surface area contributed by atoms with Crippen molar-refractivity contribution in [1.82, 2.24) is 0 Å². The molecule has 0 amide bonds. The summed E-state index contributed by atoms with van der Waals surface area (Å²) in [5, 5.41) is 13.3. The number of Topliss-reactive ketones (excluding diaryl/α,β-unsaturated/α-hetero) is 1. The molecule has 2 rings (SSSR count). The van der Waals surface area contributed by atoms with Gasteiger partial charge in [0.2, 0.25) is 0 Å². The lowest BCUT2D eigenvalue weighted by Gasteiger charge is -2.45. The molecule has 0 bridgehead atoms. The third-order valence-electron chi connectivity index (χ3n) is 10.6. The third-order valence-corrected chi connectivity index (χ3v) is 21.2. The molecule has 2 aromatic carbocycles. The topological polar surface area (TPSA) is 92.7 Å². The number of aliphatic hydroxyl groups is 1. The first-order valence-electron chi connectivity index (χ1n) is 20.3. The van der Waals surface area contributed by atoms with Crippen LogP contribution in [0.4, 0.5) is 0 Å². The van der Waals surface area contributed by atoms with E-state index in [1.807, 2.05) is 6.92 Å². The summed E-state index contributed by atoms with van der Waals surface area (Å²) in [6.07, 6.45) is -1.95. The molecule has 310 valence electrons. The van der Waals surface area contributed by atoms with E-state index in [1.165, 1.54) is 17.5 Å². The molecule has 0 saturated carbocycles. The lowest BCUT2D eigenvalue weighted by molar-refractivity contribution is -0.182. The maximum atomic E-state index is 14.1. The van der Waals surface area contributed by atoms with Gasteiger partial charge in [-0.2, -0.15) is 0 Å². The monoisotopic (exact) mass is 814 g/mol. The van der Waals surface area contributed by atoms with Crippen molar-refractivity contribution < 1.29 is 37.7 Å². The molecule has 11 heteroatoms. The van der Waals surface area contributed by atoms with Crippen LogP contribution in [0.2, 0.25) is 42.8 Å². The van der Waals surface area contributed by atoms with E-state index in [0.717, 1.165) is 18.1 Å². The second kappa shape index (κ2) is 23.4. The van der Waals surface area contributed by atoms with E-state index < -0.39 is 43.0 Å². The molecule has 0 aromatic heterocycles. The van der Waals surface area contributed by atoms with Crippen LogP contribution in [0, 0.1) is 23.3 Å². The first-order chi connectivity index (χ1) is 25.9. The predicted octanol–water partition coefficient (Wildman–Crippen LogP) is 8.18. The summed E-state index contributed by atoms with van der Waals surface area (Å²) in [5.41, 5.74) is 3.38. The van der Waals surface area contributed by atoms with Gasteiger partial charge in [0, 0.05) is 26.6 Å². The van der Waals surface area contributed by atoms with Gasteiger partial charge >= 0.3 is 0 Å². The molecular formula is C44H74O8Si3. The molecule has 2 aromatic rings. The van der Waals surface area contributed by atoms with E-state index in [0.29, 0.717) is 19.4 Å². The summed E-state index contributed by atoms with van der Waals surface area (Å²) >= 11 is 0. The molecular weight excluding hydrogens is 741 g/mol.